The van der Waals surface area contributed by atoms with E-state index in [9.17, 15) is 4.79 Å². The fourth-order valence-corrected chi connectivity index (χ4v) is 4.44. The molecule has 1 aromatic carbocycles. The Morgan fingerprint density at radius 2 is 1.86 bits per heavy atom. The number of carbonyl (C=O) groups is 1. The number of hydrogen-bond acceptors (Lipinski definition) is 4. The number of imidazole rings is 1. The van der Waals surface area contributed by atoms with Gasteiger partial charge in [0.1, 0.15) is 5.82 Å². The van der Waals surface area contributed by atoms with Crippen LogP contribution in [0.3, 0.4) is 0 Å². The summed E-state index contributed by atoms with van der Waals surface area (Å²) in [5.74, 6) is 2.34. The SMILES string of the molecule is O=C(c1ccc2nccnc2c1)N1CCC[C@@H](c2nccn2CC2CCC2)C1. The first-order valence-electron chi connectivity index (χ1n) is 10.3. The van der Waals surface area contributed by atoms with Crippen LogP contribution in [0.4, 0.5) is 0 Å². The molecule has 1 amide bonds. The van der Waals surface area contributed by atoms with Crippen molar-refractivity contribution in [1.29, 1.82) is 0 Å². The van der Waals surface area contributed by atoms with Crippen molar-refractivity contribution in [3.63, 3.8) is 0 Å². The summed E-state index contributed by atoms with van der Waals surface area (Å²) >= 11 is 0. The molecule has 0 N–H and O–H groups in total. The summed E-state index contributed by atoms with van der Waals surface area (Å²) in [5, 5.41) is 0. The Balaban J connectivity index is 1.33. The topological polar surface area (TPSA) is 63.9 Å². The zero-order valence-corrected chi connectivity index (χ0v) is 16.0. The van der Waals surface area contributed by atoms with E-state index < -0.39 is 0 Å². The number of likely N-dealkylation sites (tertiary alicyclic amines) is 1. The van der Waals surface area contributed by atoms with Crippen LogP contribution in [-0.4, -0.2) is 43.4 Å². The van der Waals surface area contributed by atoms with Crippen LogP contribution in [0, 0.1) is 5.92 Å². The molecule has 1 aliphatic carbocycles. The lowest BCUT2D eigenvalue weighted by molar-refractivity contribution is 0.0702. The van der Waals surface area contributed by atoms with E-state index in [1.54, 1.807) is 12.4 Å². The van der Waals surface area contributed by atoms with E-state index >= 15 is 0 Å². The highest BCUT2D eigenvalue weighted by Gasteiger charge is 2.29. The molecule has 3 heterocycles. The lowest BCUT2D eigenvalue weighted by Gasteiger charge is -2.33. The molecule has 1 aliphatic heterocycles. The van der Waals surface area contributed by atoms with Gasteiger partial charge in [-0.15, -0.1) is 0 Å². The minimum absolute atomic E-state index is 0.0781. The van der Waals surface area contributed by atoms with E-state index in [0.717, 1.165) is 55.3 Å². The Labute approximate surface area is 164 Å². The molecule has 0 unspecified atom stereocenters. The molecule has 6 heteroatoms. The van der Waals surface area contributed by atoms with Crippen molar-refractivity contribution in [1.82, 2.24) is 24.4 Å². The first kappa shape index (κ1) is 17.3. The van der Waals surface area contributed by atoms with Crippen molar-refractivity contribution < 1.29 is 4.79 Å². The number of aromatic nitrogens is 4. The van der Waals surface area contributed by atoms with Crippen molar-refractivity contribution in [3.05, 3.63) is 54.4 Å². The van der Waals surface area contributed by atoms with Crippen LogP contribution in [-0.2, 0) is 6.54 Å². The average molecular weight is 375 g/mol. The van der Waals surface area contributed by atoms with Gasteiger partial charge in [-0.2, -0.15) is 0 Å². The molecule has 0 radical (unpaired) electrons. The van der Waals surface area contributed by atoms with Gasteiger partial charge in [-0.25, -0.2) is 4.98 Å². The number of amides is 1. The van der Waals surface area contributed by atoms with E-state index in [-0.39, 0.29) is 5.91 Å². The van der Waals surface area contributed by atoms with Gasteiger partial charge >= 0.3 is 0 Å². The Hall–Kier alpha value is -2.76. The highest BCUT2D eigenvalue weighted by molar-refractivity contribution is 5.97. The number of piperidine rings is 1. The summed E-state index contributed by atoms with van der Waals surface area (Å²) in [6.45, 7) is 2.61. The van der Waals surface area contributed by atoms with Gasteiger partial charge in [0.2, 0.25) is 0 Å². The number of hydrogen-bond donors (Lipinski definition) is 0. The van der Waals surface area contributed by atoms with Crippen LogP contribution in [0.25, 0.3) is 11.0 Å². The van der Waals surface area contributed by atoms with E-state index in [1.165, 1.54) is 19.3 Å². The Morgan fingerprint density at radius 3 is 2.68 bits per heavy atom. The third-order valence-corrected chi connectivity index (χ3v) is 6.22. The number of benzene rings is 1. The maximum absolute atomic E-state index is 13.1. The number of nitrogens with zero attached hydrogens (tertiary/aromatic N) is 5. The van der Waals surface area contributed by atoms with Gasteiger partial charge in [-0.3, -0.25) is 14.8 Å². The predicted molar refractivity (Wildman–Crippen MR) is 107 cm³/mol. The summed E-state index contributed by atoms with van der Waals surface area (Å²) in [5.41, 5.74) is 2.26. The smallest absolute Gasteiger partial charge is 0.253 e. The minimum Gasteiger partial charge on any atom is -0.338 e. The molecular formula is C22H25N5O. The largest absolute Gasteiger partial charge is 0.338 e. The molecule has 3 aromatic rings. The zero-order chi connectivity index (χ0) is 18.9. The second-order valence-corrected chi connectivity index (χ2v) is 8.08. The van der Waals surface area contributed by atoms with Crippen molar-refractivity contribution in [3.8, 4) is 0 Å². The third-order valence-electron chi connectivity index (χ3n) is 6.22. The maximum atomic E-state index is 13.1. The van der Waals surface area contributed by atoms with Crippen LogP contribution in [0.2, 0.25) is 0 Å². The van der Waals surface area contributed by atoms with E-state index in [1.807, 2.05) is 29.3 Å². The maximum Gasteiger partial charge on any atom is 0.253 e. The van der Waals surface area contributed by atoms with Crippen molar-refractivity contribution in [2.75, 3.05) is 13.1 Å². The molecule has 1 atom stereocenters. The van der Waals surface area contributed by atoms with Crippen LogP contribution < -0.4 is 0 Å². The second-order valence-electron chi connectivity index (χ2n) is 8.08. The van der Waals surface area contributed by atoms with Crippen molar-refractivity contribution in [2.24, 2.45) is 5.92 Å². The molecule has 1 saturated heterocycles. The summed E-state index contributed by atoms with van der Waals surface area (Å²) in [7, 11) is 0. The average Bonchev–Trinajstić information content (AvgIpc) is 3.18. The highest BCUT2D eigenvalue weighted by Crippen LogP contribution is 2.31. The molecule has 6 nitrogen and oxygen atoms in total. The minimum atomic E-state index is 0.0781. The van der Waals surface area contributed by atoms with Gasteiger partial charge in [-0.05, 0) is 49.8 Å². The molecule has 5 rings (SSSR count). The third kappa shape index (κ3) is 3.28. The predicted octanol–water partition coefficient (Wildman–Crippen LogP) is 3.65. The standard InChI is InChI=1S/C22H25N5O/c28-22(17-6-7-19-20(13-17)24-9-8-23-19)27-11-2-5-18(15-27)21-25-10-12-26(21)14-16-3-1-4-16/h6-10,12-13,16,18H,1-5,11,14-15H2/t18-/m1/s1. The Bertz CT molecular complexity index is 993. The number of fused-ring (bicyclic) bond motifs is 1. The summed E-state index contributed by atoms with van der Waals surface area (Å²) in [6.07, 6.45) is 13.5. The van der Waals surface area contributed by atoms with E-state index in [4.69, 9.17) is 0 Å². The molecule has 0 bridgehead atoms. The molecule has 28 heavy (non-hydrogen) atoms. The molecular weight excluding hydrogens is 350 g/mol. The van der Waals surface area contributed by atoms with Crippen LogP contribution in [0.5, 0.6) is 0 Å². The first-order valence-corrected chi connectivity index (χ1v) is 10.3. The van der Waals surface area contributed by atoms with E-state index in [0.29, 0.717) is 11.5 Å². The van der Waals surface area contributed by atoms with Gasteiger partial charge in [0, 0.05) is 55.9 Å². The van der Waals surface area contributed by atoms with Gasteiger partial charge in [0.25, 0.3) is 5.91 Å². The fourth-order valence-electron chi connectivity index (χ4n) is 4.44. The van der Waals surface area contributed by atoms with Crippen molar-refractivity contribution >= 4 is 16.9 Å². The molecule has 1 saturated carbocycles. The van der Waals surface area contributed by atoms with Crippen LogP contribution >= 0.6 is 0 Å². The summed E-state index contributed by atoms with van der Waals surface area (Å²) in [6, 6.07) is 5.59. The number of rotatable bonds is 4. The fraction of sp³-hybridized carbons (Fsp3) is 0.455. The van der Waals surface area contributed by atoms with Gasteiger partial charge < -0.3 is 9.47 Å². The zero-order valence-electron chi connectivity index (χ0n) is 16.0. The molecule has 2 fully saturated rings. The first-order chi connectivity index (χ1) is 13.8. The monoisotopic (exact) mass is 375 g/mol. The van der Waals surface area contributed by atoms with Gasteiger partial charge in [-0.1, -0.05) is 6.42 Å². The number of carbonyl (C=O) groups excluding carboxylic acids is 1. The van der Waals surface area contributed by atoms with Gasteiger partial charge in [0.15, 0.2) is 0 Å². The molecule has 0 spiro atoms. The Kier molecular flexibility index (Phi) is 4.55. The lowest BCUT2D eigenvalue weighted by Crippen LogP contribution is -2.40. The lowest BCUT2D eigenvalue weighted by atomic mass is 9.85. The van der Waals surface area contributed by atoms with Crippen LogP contribution in [0.15, 0.2) is 43.0 Å². The normalized spacial score (nSPS) is 20.3. The highest BCUT2D eigenvalue weighted by atomic mass is 16.2. The molecule has 2 aromatic heterocycles. The van der Waals surface area contributed by atoms with Gasteiger partial charge in [0.05, 0.1) is 11.0 Å². The molecule has 2 aliphatic rings. The quantitative estimate of drug-likeness (QED) is 0.698. The second kappa shape index (κ2) is 7.34. The molecule has 144 valence electrons. The summed E-state index contributed by atoms with van der Waals surface area (Å²) in [4.78, 5) is 28.4. The van der Waals surface area contributed by atoms with Crippen molar-refractivity contribution in [2.45, 2.75) is 44.6 Å². The Morgan fingerprint density at radius 1 is 1.00 bits per heavy atom. The van der Waals surface area contributed by atoms with E-state index in [2.05, 4.69) is 25.7 Å². The van der Waals surface area contributed by atoms with Crippen LogP contribution in [0.1, 0.15) is 54.2 Å². The summed E-state index contributed by atoms with van der Waals surface area (Å²) < 4.78 is 2.33.